The molecule has 1 heterocycles. The number of rotatable bonds is 7. The minimum atomic E-state index is -0.857. The Morgan fingerprint density at radius 2 is 1.93 bits per heavy atom. The number of hydrogen-bond donors (Lipinski definition) is 1. The first-order valence-corrected chi connectivity index (χ1v) is 10.5. The Balaban J connectivity index is 1.58. The van der Waals surface area contributed by atoms with Gasteiger partial charge in [-0.1, -0.05) is 41.4 Å². The maximum absolute atomic E-state index is 11.7. The van der Waals surface area contributed by atoms with Crippen LogP contribution in [0.5, 0.6) is 5.75 Å². The molecule has 0 radical (unpaired) electrons. The molecule has 0 saturated heterocycles. The van der Waals surface area contributed by atoms with Gasteiger partial charge in [-0.15, -0.1) is 11.8 Å². The zero-order valence-corrected chi connectivity index (χ0v) is 17.5. The number of carbonyl (C=O) groups is 1. The lowest BCUT2D eigenvalue weighted by molar-refractivity contribution is 0.0419. The molecule has 0 aromatic heterocycles. The molecule has 2 aromatic rings. The molecule has 1 aliphatic heterocycles. The molecule has 7 heteroatoms. The molecule has 3 rings (SSSR count). The van der Waals surface area contributed by atoms with Crippen molar-refractivity contribution in [3.05, 3.63) is 52.0 Å². The fourth-order valence-corrected chi connectivity index (χ4v) is 4.65. The average molecular weight is 426 g/mol. The van der Waals surface area contributed by atoms with E-state index in [-0.39, 0.29) is 0 Å². The van der Waals surface area contributed by atoms with Crippen molar-refractivity contribution in [2.24, 2.45) is 0 Å². The second kappa shape index (κ2) is 8.63. The molecule has 2 aromatic carbocycles. The molecule has 1 N–H and O–H groups in total. The molecule has 4 nitrogen and oxygen atoms in total. The highest BCUT2D eigenvalue weighted by Crippen LogP contribution is 2.47. The number of halogens is 2. The smallest absolute Gasteiger partial charge is 0.412 e. The summed E-state index contributed by atoms with van der Waals surface area (Å²) in [5.74, 6) is 1.45. The number of thioether (sulfide) groups is 1. The van der Waals surface area contributed by atoms with Gasteiger partial charge >= 0.3 is 6.09 Å². The van der Waals surface area contributed by atoms with Crippen LogP contribution in [0.4, 0.5) is 10.5 Å². The molecule has 0 atom stereocenters. The van der Waals surface area contributed by atoms with Gasteiger partial charge < -0.3 is 9.47 Å². The summed E-state index contributed by atoms with van der Waals surface area (Å²) in [6, 6.07) is 12.0. The van der Waals surface area contributed by atoms with E-state index >= 15 is 0 Å². The second-order valence-corrected chi connectivity index (χ2v) is 8.62. The Hall–Kier alpha value is -1.56. The Morgan fingerprint density at radius 3 is 2.67 bits per heavy atom. The lowest BCUT2D eigenvalue weighted by atomic mass is 9.94. The molecule has 1 amide bonds. The SMILES string of the molecule is CC1(C)OC(=O)Nc2cc(Cl)c(OCCCCSc3ccccc3)c(Cl)c21. The van der Waals surface area contributed by atoms with Crippen LogP contribution < -0.4 is 10.1 Å². The fourth-order valence-electron chi connectivity index (χ4n) is 2.92. The molecule has 0 aliphatic carbocycles. The second-order valence-electron chi connectivity index (χ2n) is 6.67. The van der Waals surface area contributed by atoms with E-state index in [0.29, 0.717) is 33.7 Å². The van der Waals surface area contributed by atoms with Crippen molar-refractivity contribution in [3.8, 4) is 5.75 Å². The third-order valence-electron chi connectivity index (χ3n) is 4.16. The number of amides is 1. The highest BCUT2D eigenvalue weighted by atomic mass is 35.5. The summed E-state index contributed by atoms with van der Waals surface area (Å²) in [5.41, 5.74) is 0.365. The van der Waals surface area contributed by atoms with Gasteiger partial charge in [0.1, 0.15) is 5.60 Å². The number of benzene rings is 2. The predicted octanol–water partition coefficient (Wildman–Crippen LogP) is 6.74. The highest BCUT2D eigenvalue weighted by molar-refractivity contribution is 7.99. The van der Waals surface area contributed by atoms with Crippen molar-refractivity contribution in [2.75, 3.05) is 17.7 Å². The number of fused-ring (bicyclic) bond motifs is 1. The van der Waals surface area contributed by atoms with E-state index in [1.54, 1.807) is 19.9 Å². The maximum atomic E-state index is 11.7. The maximum Gasteiger partial charge on any atom is 0.412 e. The molecule has 1 aliphatic rings. The van der Waals surface area contributed by atoms with Gasteiger partial charge in [0.15, 0.2) is 5.75 Å². The number of hydrogen-bond acceptors (Lipinski definition) is 4. The Labute approximate surface area is 173 Å². The van der Waals surface area contributed by atoms with Crippen molar-refractivity contribution >= 4 is 46.7 Å². The topological polar surface area (TPSA) is 47.6 Å². The molecule has 27 heavy (non-hydrogen) atoms. The minimum Gasteiger partial charge on any atom is -0.490 e. The van der Waals surface area contributed by atoms with E-state index < -0.39 is 11.7 Å². The highest BCUT2D eigenvalue weighted by Gasteiger charge is 2.37. The third kappa shape index (κ3) is 4.84. The van der Waals surface area contributed by atoms with Crippen LogP contribution in [0.1, 0.15) is 32.3 Å². The fraction of sp³-hybridized carbons (Fsp3) is 0.350. The number of unbranched alkanes of at least 4 members (excludes halogenated alkanes) is 1. The van der Waals surface area contributed by atoms with E-state index in [4.69, 9.17) is 32.7 Å². The van der Waals surface area contributed by atoms with Gasteiger partial charge in [-0.05, 0) is 50.6 Å². The summed E-state index contributed by atoms with van der Waals surface area (Å²) >= 11 is 14.7. The summed E-state index contributed by atoms with van der Waals surface area (Å²) in [4.78, 5) is 12.9. The van der Waals surface area contributed by atoms with E-state index in [9.17, 15) is 4.79 Å². The lowest BCUT2D eigenvalue weighted by Gasteiger charge is -2.34. The van der Waals surface area contributed by atoms with Gasteiger partial charge in [0, 0.05) is 10.5 Å². The van der Waals surface area contributed by atoms with Crippen LogP contribution >= 0.6 is 35.0 Å². The van der Waals surface area contributed by atoms with E-state index in [1.165, 1.54) is 4.90 Å². The van der Waals surface area contributed by atoms with Gasteiger partial charge in [0.25, 0.3) is 0 Å². The van der Waals surface area contributed by atoms with Gasteiger partial charge in [-0.2, -0.15) is 0 Å². The zero-order chi connectivity index (χ0) is 19.4. The van der Waals surface area contributed by atoms with Crippen molar-refractivity contribution in [1.29, 1.82) is 0 Å². The molecule has 0 bridgehead atoms. The number of cyclic esters (lactones) is 1. The van der Waals surface area contributed by atoms with Crippen molar-refractivity contribution in [3.63, 3.8) is 0 Å². The Bertz CT molecular complexity index is 828. The average Bonchev–Trinajstić information content (AvgIpc) is 2.59. The summed E-state index contributed by atoms with van der Waals surface area (Å²) in [7, 11) is 0. The van der Waals surface area contributed by atoms with Crippen LogP contribution in [0.2, 0.25) is 10.0 Å². The Morgan fingerprint density at radius 1 is 1.19 bits per heavy atom. The summed E-state index contributed by atoms with van der Waals surface area (Å²) in [6.07, 6.45) is 1.38. The number of carbonyl (C=O) groups excluding carboxylic acids is 1. The molecule has 0 fully saturated rings. The molecule has 0 unspecified atom stereocenters. The summed E-state index contributed by atoms with van der Waals surface area (Å²) < 4.78 is 11.2. The first-order valence-electron chi connectivity index (χ1n) is 8.71. The van der Waals surface area contributed by atoms with E-state index in [0.717, 1.165) is 18.6 Å². The van der Waals surface area contributed by atoms with E-state index in [2.05, 4.69) is 17.4 Å². The third-order valence-corrected chi connectivity index (χ3v) is 5.90. The number of nitrogens with one attached hydrogen (secondary N) is 1. The van der Waals surface area contributed by atoms with Gasteiger partial charge in [-0.3, -0.25) is 5.32 Å². The van der Waals surface area contributed by atoms with Crippen LogP contribution in [0, 0.1) is 0 Å². The number of ether oxygens (including phenoxy) is 2. The molecular weight excluding hydrogens is 405 g/mol. The molecule has 144 valence electrons. The molecule has 0 saturated carbocycles. The van der Waals surface area contributed by atoms with Crippen molar-refractivity contribution < 1.29 is 14.3 Å². The van der Waals surface area contributed by atoms with Crippen LogP contribution in [0.15, 0.2) is 41.3 Å². The van der Waals surface area contributed by atoms with Gasteiger partial charge in [0.2, 0.25) is 0 Å². The van der Waals surface area contributed by atoms with Crippen molar-refractivity contribution in [1.82, 2.24) is 0 Å². The zero-order valence-electron chi connectivity index (χ0n) is 15.2. The van der Waals surface area contributed by atoms with Crippen LogP contribution in [-0.4, -0.2) is 18.5 Å². The van der Waals surface area contributed by atoms with Crippen molar-refractivity contribution in [2.45, 2.75) is 37.2 Å². The van der Waals surface area contributed by atoms with Gasteiger partial charge in [0.05, 0.1) is 22.3 Å². The molecular formula is C20H21Cl2NO3S. The quantitative estimate of drug-likeness (QED) is 0.393. The van der Waals surface area contributed by atoms with Crippen LogP contribution in [-0.2, 0) is 10.3 Å². The Kier molecular flexibility index (Phi) is 6.45. The minimum absolute atomic E-state index is 0.371. The van der Waals surface area contributed by atoms with Crippen LogP contribution in [0.3, 0.4) is 0 Å². The first kappa shape index (κ1) is 20.2. The normalized spacial score (nSPS) is 14.9. The monoisotopic (exact) mass is 425 g/mol. The van der Waals surface area contributed by atoms with Gasteiger partial charge in [-0.25, -0.2) is 4.79 Å². The number of anilines is 1. The van der Waals surface area contributed by atoms with E-state index in [1.807, 2.05) is 30.0 Å². The summed E-state index contributed by atoms with van der Waals surface area (Å²) in [5, 5.41) is 3.38. The lowest BCUT2D eigenvalue weighted by Crippen LogP contribution is -2.35. The molecule has 0 spiro atoms. The van der Waals surface area contributed by atoms with Crippen LogP contribution in [0.25, 0.3) is 0 Å². The summed E-state index contributed by atoms with van der Waals surface area (Å²) in [6.45, 7) is 4.09. The first-order chi connectivity index (χ1) is 12.9. The standard InChI is InChI=1S/C20H21Cl2NO3S/c1-20(2)16-15(23-19(24)26-20)12-14(21)18(17(16)22)25-10-6-7-11-27-13-8-4-3-5-9-13/h3-5,8-9,12H,6-7,10-11H2,1-2H3,(H,23,24). The predicted molar refractivity (Wildman–Crippen MR) is 111 cm³/mol. The largest absolute Gasteiger partial charge is 0.490 e.